The fourth-order valence-electron chi connectivity index (χ4n) is 5.58. The number of para-hydroxylation sites is 2. The molecule has 0 fully saturated rings. The maximum atomic E-state index is 5.11. The van der Waals surface area contributed by atoms with Crippen LogP contribution in [0.15, 0.2) is 134 Å². The topological polar surface area (TPSA) is 43.6 Å². The van der Waals surface area contributed by atoms with Crippen LogP contribution >= 0.6 is 0 Å². The van der Waals surface area contributed by atoms with Gasteiger partial charge in [-0.3, -0.25) is 4.98 Å². The van der Waals surface area contributed by atoms with Crippen molar-refractivity contribution in [2.24, 2.45) is 0 Å². The standard InChI is InChI=1S/C35H22N4/c1-2-9-25-22-26(16-15-23(25)8-1)35-37-30-12-5-3-10-28(30)33(38-35)24-17-19-27(20-18-24)39-31-13-6-4-11-29(31)34-32(39)14-7-21-36-34/h1-22H. The third-order valence-corrected chi connectivity index (χ3v) is 7.44. The van der Waals surface area contributed by atoms with E-state index >= 15 is 0 Å². The Morgan fingerprint density at radius 1 is 0.513 bits per heavy atom. The first kappa shape index (κ1) is 21.7. The molecule has 0 saturated carbocycles. The molecule has 0 N–H and O–H groups in total. The minimum atomic E-state index is 0.729. The Morgan fingerprint density at radius 2 is 1.23 bits per heavy atom. The number of aromatic nitrogens is 4. The Kier molecular flexibility index (Phi) is 4.79. The van der Waals surface area contributed by atoms with Gasteiger partial charge in [-0.05, 0) is 53.2 Å². The SMILES string of the molecule is c1ccc2cc(-c3nc(-c4ccc(-n5c6ccccc6c6ncccc65)cc4)c4ccccc4n3)ccc2c1. The molecule has 0 saturated heterocycles. The van der Waals surface area contributed by atoms with Crippen molar-refractivity contribution in [2.45, 2.75) is 0 Å². The van der Waals surface area contributed by atoms with E-state index in [1.165, 1.54) is 10.8 Å². The van der Waals surface area contributed by atoms with E-state index in [4.69, 9.17) is 9.97 Å². The van der Waals surface area contributed by atoms with Crippen LogP contribution < -0.4 is 0 Å². The Labute approximate surface area is 224 Å². The summed E-state index contributed by atoms with van der Waals surface area (Å²) in [6.07, 6.45) is 1.86. The normalized spacial score (nSPS) is 11.6. The summed E-state index contributed by atoms with van der Waals surface area (Å²) >= 11 is 0. The molecule has 4 heteroatoms. The van der Waals surface area contributed by atoms with Crippen molar-refractivity contribution in [1.82, 2.24) is 19.5 Å². The van der Waals surface area contributed by atoms with Gasteiger partial charge in [-0.15, -0.1) is 0 Å². The van der Waals surface area contributed by atoms with Crippen molar-refractivity contribution in [3.05, 3.63) is 134 Å². The van der Waals surface area contributed by atoms with Crippen LogP contribution in [0.4, 0.5) is 0 Å². The predicted molar refractivity (Wildman–Crippen MR) is 160 cm³/mol. The predicted octanol–water partition coefficient (Wildman–Crippen LogP) is 8.61. The molecular weight excluding hydrogens is 476 g/mol. The van der Waals surface area contributed by atoms with Gasteiger partial charge in [0, 0.05) is 33.8 Å². The number of pyridine rings is 1. The summed E-state index contributed by atoms with van der Waals surface area (Å²) in [5, 5.41) is 4.58. The van der Waals surface area contributed by atoms with Crippen LogP contribution in [0.5, 0.6) is 0 Å². The quantitative estimate of drug-likeness (QED) is 0.245. The summed E-state index contributed by atoms with van der Waals surface area (Å²) in [6.45, 7) is 0. The number of benzene rings is 5. The molecule has 0 aliphatic carbocycles. The second-order valence-electron chi connectivity index (χ2n) is 9.75. The lowest BCUT2D eigenvalue weighted by atomic mass is 10.0. The van der Waals surface area contributed by atoms with E-state index in [0.717, 1.165) is 61.2 Å². The smallest absolute Gasteiger partial charge is 0.160 e. The van der Waals surface area contributed by atoms with E-state index in [1.54, 1.807) is 0 Å². The van der Waals surface area contributed by atoms with Gasteiger partial charge in [0.2, 0.25) is 0 Å². The van der Waals surface area contributed by atoms with Gasteiger partial charge in [-0.25, -0.2) is 9.97 Å². The molecule has 39 heavy (non-hydrogen) atoms. The molecule has 0 aliphatic rings. The molecule has 4 nitrogen and oxygen atoms in total. The second-order valence-corrected chi connectivity index (χ2v) is 9.75. The highest BCUT2D eigenvalue weighted by molar-refractivity contribution is 6.07. The van der Waals surface area contributed by atoms with E-state index in [2.05, 4.69) is 119 Å². The number of hydrogen-bond donors (Lipinski definition) is 0. The van der Waals surface area contributed by atoms with Crippen molar-refractivity contribution in [1.29, 1.82) is 0 Å². The molecule has 0 spiro atoms. The lowest BCUT2D eigenvalue weighted by molar-refractivity contribution is 1.17. The fraction of sp³-hybridized carbons (Fsp3) is 0. The Balaban J connectivity index is 1.29. The van der Waals surface area contributed by atoms with Crippen LogP contribution in [0.25, 0.3) is 71.9 Å². The third kappa shape index (κ3) is 3.50. The van der Waals surface area contributed by atoms with Crippen LogP contribution in [0.2, 0.25) is 0 Å². The van der Waals surface area contributed by atoms with Gasteiger partial charge < -0.3 is 4.57 Å². The molecule has 0 unspecified atom stereocenters. The van der Waals surface area contributed by atoms with Crippen molar-refractivity contribution < 1.29 is 0 Å². The van der Waals surface area contributed by atoms with E-state index in [1.807, 2.05) is 24.4 Å². The van der Waals surface area contributed by atoms with E-state index in [0.29, 0.717) is 0 Å². The van der Waals surface area contributed by atoms with Gasteiger partial charge in [0.1, 0.15) is 0 Å². The lowest BCUT2D eigenvalue weighted by Crippen LogP contribution is -1.97. The molecule has 3 aromatic heterocycles. The summed E-state index contributed by atoms with van der Waals surface area (Å²) in [5.74, 6) is 0.729. The zero-order chi connectivity index (χ0) is 25.8. The van der Waals surface area contributed by atoms with Crippen molar-refractivity contribution in [2.75, 3.05) is 0 Å². The van der Waals surface area contributed by atoms with E-state index in [-0.39, 0.29) is 0 Å². The first-order chi connectivity index (χ1) is 19.3. The zero-order valence-electron chi connectivity index (χ0n) is 21.0. The maximum absolute atomic E-state index is 5.11. The lowest BCUT2D eigenvalue weighted by Gasteiger charge is -2.12. The van der Waals surface area contributed by atoms with Crippen molar-refractivity contribution in [3.8, 4) is 28.3 Å². The highest BCUT2D eigenvalue weighted by Gasteiger charge is 2.15. The van der Waals surface area contributed by atoms with Gasteiger partial charge >= 0.3 is 0 Å². The van der Waals surface area contributed by atoms with Crippen LogP contribution in [0.3, 0.4) is 0 Å². The average Bonchev–Trinajstić information content (AvgIpc) is 3.35. The number of fused-ring (bicyclic) bond motifs is 5. The molecule has 8 aromatic rings. The van der Waals surface area contributed by atoms with Crippen LogP contribution in [-0.4, -0.2) is 19.5 Å². The Bertz CT molecular complexity index is 2120. The Hall–Kier alpha value is -5.35. The summed E-state index contributed by atoms with van der Waals surface area (Å²) in [7, 11) is 0. The fourth-order valence-corrected chi connectivity index (χ4v) is 5.58. The largest absolute Gasteiger partial charge is 0.308 e. The molecule has 3 heterocycles. The molecular formula is C35H22N4. The minimum absolute atomic E-state index is 0.729. The van der Waals surface area contributed by atoms with E-state index < -0.39 is 0 Å². The highest BCUT2D eigenvalue weighted by atomic mass is 15.0. The van der Waals surface area contributed by atoms with Gasteiger partial charge in [-0.1, -0.05) is 84.9 Å². The maximum Gasteiger partial charge on any atom is 0.160 e. The molecule has 0 radical (unpaired) electrons. The van der Waals surface area contributed by atoms with Crippen molar-refractivity contribution in [3.63, 3.8) is 0 Å². The number of rotatable bonds is 3. The first-order valence-electron chi connectivity index (χ1n) is 13.0. The van der Waals surface area contributed by atoms with Crippen LogP contribution in [-0.2, 0) is 0 Å². The monoisotopic (exact) mass is 498 g/mol. The number of hydrogen-bond acceptors (Lipinski definition) is 3. The third-order valence-electron chi connectivity index (χ3n) is 7.44. The van der Waals surface area contributed by atoms with Gasteiger partial charge in [0.25, 0.3) is 0 Å². The molecule has 0 bridgehead atoms. The van der Waals surface area contributed by atoms with Crippen LogP contribution in [0, 0.1) is 0 Å². The van der Waals surface area contributed by atoms with E-state index in [9.17, 15) is 0 Å². The highest BCUT2D eigenvalue weighted by Crippen LogP contribution is 2.33. The molecule has 0 aliphatic heterocycles. The molecule has 5 aromatic carbocycles. The van der Waals surface area contributed by atoms with Gasteiger partial charge in [0.15, 0.2) is 5.82 Å². The summed E-state index contributed by atoms with van der Waals surface area (Å²) in [6, 6.07) is 44.2. The second kappa shape index (κ2) is 8.61. The molecule has 0 amide bonds. The van der Waals surface area contributed by atoms with Gasteiger partial charge in [-0.2, -0.15) is 0 Å². The molecule has 0 atom stereocenters. The summed E-state index contributed by atoms with van der Waals surface area (Å²) in [5.41, 5.74) is 8.27. The number of nitrogens with zero attached hydrogens (tertiary/aromatic N) is 4. The minimum Gasteiger partial charge on any atom is -0.308 e. The summed E-state index contributed by atoms with van der Waals surface area (Å²) in [4.78, 5) is 14.7. The zero-order valence-corrected chi connectivity index (χ0v) is 21.0. The van der Waals surface area contributed by atoms with Gasteiger partial charge in [0.05, 0.1) is 27.8 Å². The van der Waals surface area contributed by atoms with Crippen molar-refractivity contribution >= 4 is 43.6 Å². The summed E-state index contributed by atoms with van der Waals surface area (Å²) < 4.78 is 2.28. The molecule has 8 rings (SSSR count). The first-order valence-corrected chi connectivity index (χ1v) is 13.0. The Morgan fingerprint density at radius 3 is 2.13 bits per heavy atom. The molecule has 182 valence electrons. The van der Waals surface area contributed by atoms with Crippen LogP contribution in [0.1, 0.15) is 0 Å². The average molecular weight is 499 g/mol.